The summed E-state index contributed by atoms with van der Waals surface area (Å²) in [5, 5.41) is 0. The van der Waals surface area contributed by atoms with Gasteiger partial charge in [0, 0.05) is 12.6 Å². The third-order valence-corrected chi connectivity index (χ3v) is 3.06. The van der Waals surface area contributed by atoms with E-state index in [-0.39, 0.29) is 11.8 Å². The second-order valence-electron chi connectivity index (χ2n) is 4.16. The number of piperidine rings is 1. The highest BCUT2D eigenvalue weighted by atomic mass is 16.1. The first-order valence-corrected chi connectivity index (χ1v) is 5.38. The SMILES string of the molecule is CC1CCC(C(N)=O)CN1CCCN. The number of hydrogen-bond acceptors (Lipinski definition) is 3. The number of hydrogen-bond donors (Lipinski definition) is 2. The predicted octanol–water partition coefficient (Wildman–Crippen LogP) is -0.0790. The van der Waals surface area contributed by atoms with Gasteiger partial charge in [-0.15, -0.1) is 0 Å². The van der Waals surface area contributed by atoms with Crippen LogP contribution in [0.4, 0.5) is 0 Å². The predicted molar refractivity (Wildman–Crippen MR) is 56.6 cm³/mol. The summed E-state index contributed by atoms with van der Waals surface area (Å²) < 4.78 is 0. The molecule has 4 N–H and O–H groups in total. The summed E-state index contributed by atoms with van der Waals surface area (Å²) in [6.07, 6.45) is 3.00. The van der Waals surface area contributed by atoms with Crippen molar-refractivity contribution >= 4 is 5.91 Å². The minimum absolute atomic E-state index is 0.0453. The summed E-state index contributed by atoms with van der Waals surface area (Å²) in [5.41, 5.74) is 10.8. The first-order valence-electron chi connectivity index (χ1n) is 5.38. The number of rotatable bonds is 4. The lowest BCUT2D eigenvalue weighted by atomic mass is 9.93. The number of carbonyl (C=O) groups excluding carboxylic acids is 1. The lowest BCUT2D eigenvalue weighted by molar-refractivity contribution is -0.123. The quantitative estimate of drug-likeness (QED) is 0.665. The van der Waals surface area contributed by atoms with Crippen LogP contribution >= 0.6 is 0 Å². The van der Waals surface area contributed by atoms with E-state index < -0.39 is 0 Å². The van der Waals surface area contributed by atoms with E-state index in [0.717, 1.165) is 32.4 Å². The zero-order chi connectivity index (χ0) is 10.6. The number of carbonyl (C=O) groups is 1. The molecule has 0 aromatic heterocycles. The van der Waals surface area contributed by atoms with Crippen molar-refractivity contribution in [2.45, 2.75) is 32.2 Å². The highest BCUT2D eigenvalue weighted by molar-refractivity contribution is 5.76. The van der Waals surface area contributed by atoms with Crippen LogP contribution in [0.3, 0.4) is 0 Å². The summed E-state index contributed by atoms with van der Waals surface area (Å²) in [6.45, 7) is 4.72. The first-order chi connectivity index (χ1) is 6.65. The summed E-state index contributed by atoms with van der Waals surface area (Å²) in [7, 11) is 0. The number of nitrogens with two attached hydrogens (primary N) is 2. The van der Waals surface area contributed by atoms with E-state index in [1.807, 2.05) is 0 Å². The van der Waals surface area contributed by atoms with Crippen molar-refractivity contribution in [1.29, 1.82) is 0 Å². The molecule has 0 saturated carbocycles. The second kappa shape index (κ2) is 5.32. The third-order valence-electron chi connectivity index (χ3n) is 3.06. The van der Waals surface area contributed by atoms with Crippen LogP contribution in [0.15, 0.2) is 0 Å². The Hall–Kier alpha value is -0.610. The molecule has 82 valence electrons. The Labute approximate surface area is 85.6 Å². The second-order valence-corrected chi connectivity index (χ2v) is 4.16. The fourth-order valence-corrected chi connectivity index (χ4v) is 2.02. The minimum Gasteiger partial charge on any atom is -0.369 e. The molecule has 1 amide bonds. The highest BCUT2D eigenvalue weighted by Crippen LogP contribution is 2.21. The Morgan fingerprint density at radius 3 is 2.79 bits per heavy atom. The standard InChI is InChI=1S/C10H21N3O/c1-8-3-4-9(10(12)14)7-13(8)6-2-5-11/h8-9H,2-7,11H2,1H3,(H2,12,14). The van der Waals surface area contributed by atoms with E-state index in [0.29, 0.717) is 12.6 Å². The molecule has 1 rings (SSSR count). The number of likely N-dealkylation sites (tertiary alicyclic amines) is 1. The molecule has 0 bridgehead atoms. The lowest BCUT2D eigenvalue weighted by Gasteiger charge is -2.36. The molecule has 4 heteroatoms. The van der Waals surface area contributed by atoms with Crippen molar-refractivity contribution in [2.24, 2.45) is 17.4 Å². The Bertz CT molecular complexity index is 196. The summed E-state index contributed by atoms with van der Waals surface area (Å²) in [4.78, 5) is 13.4. The molecule has 2 unspecified atom stereocenters. The van der Waals surface area contributed by atoms with Crippen LogP contribution in [0.1, 0.15) is 26.2 Å². The van der Waals surface area contributed by atoms with Gasteiger partial charge in [0.25, 0.3) is 0 Å². The van der Waals surface area contributed by atoms with Crippen LogP contribution in [0.2, 0.25) is 0 Å². The van der Waals surface area contributed by atoms with Crippen LogP contribution in [-0.2, 0) is 4.79 Å². The van der Waals surface area contributed by atoms with Crippen molar-refractivity contribution < 1.29 is 4.79 Å². The molecule has 1 aliphatic heterocycles. The molecule has 1 fully saturated rings. The fourth-order valence-electron chi connectivity index (χ4n) is 2.02. The molecule has 14 heavy (non-hydrogen) atoms. The van der Waals surface area contributed by atoms with Gasteiger partial charge in [0.1, 0.15) is 0 Å². The van der Waals surface area contributed by atoms with Crippen LogP contribution < -0.4 is 11.5 Å². The van der Waals surface area contributed by atoms with Gasteiger partial charge >= 0.3 is 0 Å². The van der Waals surface area contributed by atoms with Gasteiger partial charge in [0.05, 0.1) is 5.92 Å². The summed E-state index contributed by atoms with van der Waals surface area (Å²) in [5.74, 6) is -0.112. The Morgan fingerprint density at radius 2 is 2.21 bits per heavy atom. The largest absolute Gasteiger partial charge is 0.369 e. The fraction of sp³-hybridized carbons (Fsp3) is 0.900. The minimum atomic E-state index is -0.158. The highest BCUT2D eigenvalue weighted by Gasteiger charge is 2.27. The van der Waals surface area contributed by atoms with Gasteiger partial charge in [-0.25, -0.2) is 0 Å². The number of amides is 1. The zero-order valence-corrected chi connectivity index (χ0v) is 8.91. The molecular weight excluding hydrogens is 178 g/mol. The van der Waals surface area contributed by atoms with E-state index >= 15 is 0 Å². The molecule has 1 heterocycles. The molecule has 0 aromatic rings. The molecular formula is C10H21N3O. The van der Waals surface area contributed by atoms with E-state index in [1.54, 1.807) is 0 Å². The Balaban J connectivity index is 2.42. The van der Waals surface area contributed by atoms with Gasteiger partial charge in [0.15, 0.2) is 0 Å². The molecule has 4 nitrogen and oxygen atoms in total. The van der Waals surface area contributed by atoms with E-state index in [2.05, 4.69) is 11.8 Å². The normalized spacial score (nSPS) is 29.0. The van der Waals surface area contributed by atoms with Gasteiger partial charge in [-0.05, 0) is 39.3 Å². The van der Waals surface area contributed by atoms with Gasteiger partial charge < -0.3 is 11.5 Å². The van der Waals surface area contributed by atoms with E-state index in [4.69, 9.17) is 11.5 Å². The maximum atomic E-state index is 11.1. The van der Waals surface area contributed by atoms with Crippen LogP contribution in [0.5, 0.6) is 0 Å². The molecule has 0 aromatic carbocycles. The van der Waals surface area contributed by atoms with E-state index in [9.17, 15) is 4.79 Å². The monoisotopic (exact) mass is 199 g/mol. The average molecular weight is 199 g/mol. The van der Waals surface area contributed by atoms with Gasteiger partial charge in [0.2, 0.25) is 5.91 Å². The smallest absolute Gasteiger partial charge is 0.221 e. The molecule has 0 spiro atoms. The summed E-state index contributed by atoms with van der Waals surface area (Å²) in [6, 6.07) is 0.567. The third kappa shape index (κ3) is 2.96. The van der Waals surface area contributed by atoms with Crippen molar-refractivity contribution in [3.8, 4) is 0 Å². The van der Waals surface area contributed by atoms with Gasteiger partial charge in [-0.2, -0.15) is 0 Å². The average Bonchev–Trinajstić information content (AvgIpc) is 2.16. The molecule has 0 radical (unpaired) electrons. The lowest BCUT2D eigenvalue weighted by Crippen LogP contribution is -2.46. The number of primary amides is 1. The topological polar surface area (TPSA) is 72.4 Å². The molecule has 2 atom stereocenters. The molecule has 1 aliphatic rings. The van der Waals surface area contributed by atoms with Gasteiger partial charge in [-0.1, -0.05) is 0 Å². The summed E-state index contributed by atoms with van der Waals surface area (Å²) >= 11 is 0. The van der Waals surface area contributed by atoms with Gasteiger partial charge in [-0.3, -0.25) is 9.69 Å². The molecule has 1 saturated heterocycles. The van der Waals surface area contributed by atoms with E-state index in [1.165, 1.54) is 0 Å². The van der Waals surface area contributed by atoms with Crippen molar-refractivity contribution in [3.05, 3.63) is 0 Å². The Morgan fingerprint density at radius 1 is 1.50 bits per heavy atom. The van der Waals surface area contributed by atoms with Crippen LogP contribution in [0.25, 0.3) is 0 Å². The van der Waals surface area contributed by atoms with Crippen LogP contribution in [0, 0.1) is 5.92 Å². The zero-order valence-electron chi connectivity index (χ0n) is 8.91. The maximum Gasteiger partial charge on any atom is 0.221 e. The molecule has 0 aliphatic carbocycles. The van der Waals surface area contributed by atoms with Crippen LogP contribution in [-0.4, -0.2) is 36.5 Å². The van der Waals surface area contributed by atoms with Crippen molar-refractivity contribution in [3.63, 3.8) is 0 Å². The van der Waals surface area contributed by atoms with Crippen molar-refractivity contribution in [2.75, 3.05) is 19.6 Å². The number of nitrogens with zero attached hydrogens (tertiary/aromatic N) is 1. The maximum absolute atomic E-state index is 11.1. The first kappa shape index (κ1) is 11.5. The Kier molecular flexibility index (Phi) is 4.35. The van der Waals surface area contributed by atoms with Crippen molar-refractivity contribution in [1.82, 2.24) is 4.90 Å².